The Morgan fingerprint density at radius 1 is 0.758 bits per heavy atom. The van der Waals surface area contributed by atoms with Crippen molar-refractivity contribution < 1.29 is 22.8 Å². The van der Waals surface area contributed by atoms with Gasteiger partial charge in [-0.05, 0) is 48.5 Å². The number of nitrogens with one attached hydrogen (secondary N) is 3. The molecule has 2 aromatic carbocycles. The second kappa shape index (κ2) is 12.1. The van der Waals surface area contributed by atoms with Gasteiger partial charge in [-0.2, -0.15) is 4.31 Å². The Morgan fingerprint density at radius 3 is 1.82 bits per heavy atom. The van der Waals surface area contributed by atoms with Crippen molar-refractivity contribution in [2.45, 2.75) is 32.1 Å². The van der Waals surface area contributed by atoms with Crippen LogP contribution in [0.4, 0.5) is 5.69 Å². The molecular formula is C23H30N4O5S. The first-order chi connectivity index (χ1) is 15.7. The molecule has 10 heteroatoms. The monoisotopic (exact) mass is 474 g/mol. The predicted octanol–water partition coefficient (Wildman–Crippen LogP) is 2.23. The van der Waals surface area contributed by atoms with Gasteiger partial charge in [0.25, 0.3) is 11.8 Å². The van der Waals surface area contributed by atoms with Crippen molar-refractivity contribution in [2.75, 3.05) is 31.5 Å². The zero-order valence-corrected chi connectivity index (χ0v) is 19.9. The number of hydrogen-bond acceptors (Lipinski definition) is 5. The number of carbonyl (C=O) groups excluding carboxylic acids is 3. The van der Waals surface area contributed by atoms with Crippen LogP contribution in [0.2, 0.25) is 0 Å². The van der Waals surface area contributed by atoms with Crippen LogP contribution >= 0.6 is 0 Å². The number of anilines is 1. The Labute approximate surface area is 194 Å². The Morgan fingerprint density at radius 2 is 1.27 bits per heavy atom. The number of hydrogen-bond donors (Lipinski definition) is 3. The maximum atomic E-state index is 12.6. The Balaban J connectivity index is 1.95. The molecule has 3 N–H and O–H groups in total. The lowest BCUT2D eigenvalue weighted by atomic mass is 10.1. The summed E-state index contributed by atoms with van der Waals surface area (Å²) in [6, 6.07) is 12.1. The largest absolute Gasteiger partial charge is 0.354 e. The Bertz CT molecular complexity index is 1060. The number of amides is 3. The van der Waals surface area contributed by atoms with Crippen molar-refractivity contribution in [1.29, 1.82) is 0 Å². The van der Waals surface area contributed by atoms with Crippen LogP contribution in [0.25, 0.3) is 0 Å². The molecule has 0 spiro atoms. The lowest BCUT2D eigenvalue weighted by molar-refractivity contribution is -0.120. The Kier molecular flexibility index (Phi) is 9.56. The predicted molar refractivity (Wildman–Crippen MR) is 127 cm³/mol. The van der Waals surface area contributed by atoms with Gasteiger partial charge < -0.3 is 16.0 Å². The molecule has 0 heterocycles. The maximum Gasteiger partial charge on any atom is 0.255 e. The lowest BCUT2D eigenvalue weighted by Gasteiger charge is -2.18. The van der Waals surface area contributed by atoms with E-state index in [0.717, 1.165) is 0 Å². The van der Waals surface area contributed by atoms with Crippen molar-refractivity contribution in [3.63, 3.8) is 0 Å². The van der Waals surface area contributed by atoms with E-state index in [1.54, 1.807) is 45.0 Å². The van der Waals surface area contributed by atoms with E-state index >= 15 is 0 Å². The summed E-state index contributed by atoms with van der Waals surface area (Å²) in [5.41, 5.74) is 1.22. The molecule has 0 atom stereocenters. The third kappa shape index (κ3) is 7.13. The zero-order valence-electron chi connectivity index (χ0n) is 19.1. The van der Waals surface area contributed by atoms with Gasteiger partial charge in [0.15, 0.2) is 0 Å². The molecule has 0 aromatic heterocycles. The summed E-state index contributed by atoms with van der Waals surface area (Å²) < 4.78 is 26.5. The highest BCUT2D eigenvalue weighted by molar-refractivity contribution is 7.89. The van der Waals surface area contributed by atoms with Crippen molar-refractivity contribution in [3.8, 4) is 0 Å². The minimum absolute atomic E-state index is 0.0792. The van der Waals surface area contributed by atoms with E-state index in [2.05, 4.69) is 16.0 Å². The average molecular weight is 475 g/mol. The SMILES string of the molecule is CCC(=O)NCCNC(=O)c1ccc(NC(=O)c2ccc(S(=O)(=O)N(CC)CC)cc2)cc1. The number of sulfonamides is 1. The summed E-state index contributed by atoms with van der Waals surface area (Å²) in [6.45, 7) is 6.68. The molecule has 178 valence electrons. The summed E-state index contributed by atoms with van der Waals surface area (Å²) in [5, 5.41) is 8.10. The normalized spacial score (nSPS) is 11.2. The van der Waals surface area contributed by atoms with Crippen LogP contribution in [-0.4, -0.2) is 56.6 Å². The van der Waals surface area contributed by atoms with Crippen molar-refractivity contribution in [3.05, 3.63) is 59.7 Å². The van der Waals surface area contributed by atoms with E-state index in [1.807, 2.05) is 0 Å². The van der Waals surface area contributed by atoms with Gasteiger partial charge in [-0.25, -0.2) is 8.42 Å². The molecule has 0 saturated carbocycles. The van der Waals surface area contributed by atoms with E-state index in [0.29, 0.717) is 49.4 Å². The highest BCUT2D eigenvalue weighted by Crippen LogP contribution is 2.17. The summed E-state index contributed by atoms with van der Waals surface area (Å²) in [4.78, 5) is 36.0. The number of benzene rings is 2. The van der Waals surface area contributed by atoms with Crippen molar-refractivity contribution >= 4 is 33.4 Å². The third-order valence-electron chi connectivity index (χ3n) is 4.92. The zero-order chi connectivity index (χ0) is 24.4. The quantitative estimate of drug-likeness (QED) is 0.431. The van der Waals surface area contributed by atoms with Gasteiger partial charge in [0.1, 0.15) is 0 Å². The van der Waals surface area contributed by atoms with Crippen molar-refractivity contribution in [2.24, 2.45) is 0 Å². The van der Waals surface area contributed by atoms with Gasteiger partial charge in [-0.3, -0.25) is 14.4 Å². The molecule has 2 aromatic rings. The van der Waals surface area contributed by atoms with Gasteiger partial charge in [0.2, 0.25) is 15.9 Å². The summed E-state index contributed by atoms with van der Waals surface area (Å²) in [6.07, 6.45) is 0.390. The third-order valence-corrected chi connectivity index (χ3v) is 6.98. The van der Waals surface area contributed by atoms with Gasteiger partial charge in [0, 0.05) is 49.4 Å². The number of carbonyl (C=O) groups is 3. The molecule has 0 aliphatic heterocycles. The second-order valence-corrected chi connectivity index (χ2v) is 9.04. The van der Waals surface area contributed by atoms with Gasteiger partial charge >= 0.3 is 0 Å². The van der Waals surface area contributed by atoms with Crippen LogP contribution < -0.4 is 16.0 Å². The Hall–Kier alpha value is -3.24. The van der Waals surface area contributed by atoms with Crippen LogP contribution in [0.3, 0.4) is 0 Å². The molecule has 33 heavy (non-hydrogen) atoms. The molecular weight excluding hydrogens is 444 g/mol. The molecule has 0 saturated heterocycles. The average Bonchev–Trinajstić information content (AvgIpc) is 2.82. The van der Waals surface area contributed by atoms with Crippen LogP contribution in [0.5, 0.6) is 0 Å². The molecule has 2 rings (SSSR count). The first-order valence-corrected chi connectivity index (χ1v) is 12.2. The van der Waals surface area contributed by atoms with Crippen LogP contribution in [0.1, 0.15) is 47.9 Å². The van der Waals surface area contributed by atoms with Gasteiger partial charge in [0.05, 0.1) is 4.90 Å². The van der Waals surface area contributed by atoms with Gasteiger partial charge in [-0.1, -0.05) is 20.8 Å². The van der Waals surface area contributed by atoms with Crippen LogP contribution in [0.15, 0.2) is 53.4 Å². The van der Waals surface area contributed by atoms with E-state index in [-0.39, 0.29) is 16.7 Å². The van der Waals surface area contributed by atoms with Crippen molar-refractivity contribution in [1.82, 2.24) is 14.9 Å². The fourth-order valence-corrected chi connectivity index (χ4v) is 4.46. The van der Waals surface area contributed by atoms with Gasteiger partial charge in [-0.15, -0.1) is 0 Å². The van der Waals surface area contributed by atoms with E-state index in [4.69, 9.17) is 0 Å². The second-order valence-electron chi connectivity index (χ2n) is 7.10. The lowest BCUT2D eigenvalue weighted by Crippen LogP contribution is -2.34. The smallest absolute Gasteiger partial charge is 0.255 e. The minimum atomic E-state index is -3.59. The molecule has 9 nitrogen and oxygen atoms in total. The molecule has 0 bridgehead atoms. The first kappa shape index (κ1) is 26.0. The fraction of sp³-hybridized carbons (Fsp3) is 0.348. The molecule has 0 aliphatic carbocycles. The first-order valence-electron chi connectivity index (χ1n) is 10.8. The number of nitrogens with zero attached hydrogens (tertiary/aromatic N) is 1. The van der Waals surface area contributed by atoms with Crippen LogP contribution in [0, 0.1) is 0 Å². The standard InChI is InChI=1S/C23H30N4O5S/c1-4-21(28)24-15-16-25-22(29)17-7-11-19(12-8-17)26-23(30)18-9-13-20(14-10-18)33(31,32)27(5-2)6-3/h7-14H,4-6,15-16H2,1-3H3,(H,24,28)(H,25,29)(H,26,30). The van der Waals surface area contributed by atoms with E-state index < -0.39 is 15.9 Å². The van der Waals surface area contributed by atoms with Crippen LogP contribution in [-0.2, 0) is 14.8 Å². The summed E-state index contributed by atoms with van der Waals surface area (Å²) in [7, 11) is -3.59. The molecule has 3 amide bonds. The van der Waals surface area contributed by atoms with E-state index in [9.17, 15) is 22.8 Å². The summed E-state index contributed by atoms with van der Waals surface area (Å²) >= 11 is 0. The summed E-state index contributed by atoms with van der Waals surface area (Å²) in [5.74, 6) is -0.765. The minimum Gasteiger partial charge on any atom is -0.354 e. The fourth-order valence-electron chi connectivity index (χ4n) is 3.00. The molecule has 0 fully saturated rings. The molecule has 0 unspecified atom stereocenters. The maximum absolute atomic E-state index is 12.6. The highest BCUT2D eigenvalue weighted by atomic mass is 32.2. The topological polar surface area (TPSA) is 125 Å². The van der Waals surface area contributed by atoms with E-state index in [1.165, 1.54) is 28.6 Å². The number of rotatable bonds is 11. The molecule has 0 aliphatic rings. The highest BCUT2D eigenvalue weighted by Gasteiger charge is 2.21. The molecule has 0 radical (unpaired) electrons.